The third-order valence-electron chi connectivity index (χ3n) is 6.74. The summed E-state index contributed by atoms with van der Waals surface area (Å²) in [5, 5.41) is 4.02. The highest BCUT2D eigenvalue weighted by atomic mass is 79.9. The molecule has 0 saturated carbocycles. The fourth-order valence-corrected chi connectivity index (χ4v) is 6.53. The third kappa shape index (κ3) is 5.26. The molecule has 2 aromatic heterocycles. The van der Waals surface area contributed by atoms with Crippen LogP contribution in [0.3, 0.4) is 0 Å². The van der Waals surface area contributed by atoms with Crippen LogP contribution in [0.15, 0.2) is 77.4 Å². The molecule has 2 N–H and O–H groups in total. The predicted molar refractivity (Wildman–Crippen MR) is 162 cm³/mol. The Bertz CT molecular complexity index is 1660. The number of pyridine rings is 1. The van der Waals surface area contributed by atoms with Crippen LogP contribution in [0.2, 0.25) is 0 Å². The van der Waals surface area contributed by atoms with E-state index in [-0.39, 0.29) is 12.1 Å². The maximum Gasteiger partial charge on any atom is 0.229 e. The van der Waals surface area contributed by atoms with Gasteiger partial charge < -0.3 is 19.5 Å². The number of aryl methyl sites for hydroxylation is 1. The van der Waals surface area contributed by atoms with Gasteiger partial charge in [0.2, 0.25) is 10.0 Å². The number of hydrogen-bond acceptors (Lipinski definition) is 5. The zero-order chi connectivity index (χ0) is 27.9. The summed E-state index contributed by atoms with van der Waals surface area (Å²) >= 11 is 9.60. The number of hydrogen-bond donors (Lipinski definition) is 2. The van der Waals surface area contributed by atoms with Crippen molar-refractivity contribution in [3.8, 4) is 11.4 Å². The van der Waals surface area contributed by atoms with Crippen LogP contribution < -0.4 is 19.7 Å². The Morgan fingerprint density at radius 1 is 1.08 bits per heavy atom. The molecule has 2 unspecified atom stereocenters. The highest BCUT2D eigenvalue weighted by Gasteiger charge is 2.42. The first-order valence-corrected chi connectivity index (χ1v) is 15.3. The number of methoxy groups -OCH3 is 1. The van der Waals surface area contributed by atoms with Crippen molar-refractivity contribution < 1.29 is 13.2 Å². The molecule has 0 amide bonds. The van der Waals surface area contributed by atoms with Gasteiger partial charge in [0, 0.05) is 33.8 Å². The van der Waals surface area contributed by atoms with E-state index in [0.717, 1.165) is 44.7 Å². The fourth-order valence-electron chi connectivity index (χ4n) is 5.15. The molecule has 11 heteroatoms. The predicted octanol–water partition coefficient (Wildman–Crippen LogP) is 5.81. The van der Waals surface area contributed by atoms with Crippen molar-refractivity contribution in [1.82, 2.24) is 14.9 Å². The minimum absolute atomic E-state index is 0.230. The quantitative estimate of drug-likeness (QED) is 0.251. The Morgan fingerprint density at radius 3 is 2.49 bits per heavy atom. The molecule has 0 aliphatic carbocycles. The highest BCUT2D eigenvalue weighted by molar-refractivity contribution is 9.10. The van der Waals surface area contributed by atoms with Crippen molar-refractivity contribution in [3.05, 3.63) is 100 Å². The summed E-state index contributed by atoms with van der Waals surface area (Å²) in [6.07, 6.45) is 2.88. The number of thiocarbonyl (C=S) groups is 1. The Hall–Kier alpha value is -3.41. The van der Waals surface area contributed by atoms with Crippen molar-refractivity contribution in [2.45, 2.75) is 25.9 Å². The molecule has 0 bridgehead atoms. The largest absolute Gasteiger partial charge is 0.494 e. The second kappa shape index (κ2) is 10.6. The maximum atomic E-state index is 11.9. The lowest BCUT2D eigenvalue weighted by Crippen LogP contribution is -2.29. The van der Waals surface area contributed by atoms with Crippen LogP contribution in [0, 0.1) is 13.8 Å². The summed E-state index contributed by atoms with van der Waals surface area (Å²) in [6.45, 7) is 4.20. The summed E-state index contributed by atoms with van der Waals surface area (Å²) in [5.41, 5.74) is 6.26. The van der Waals surface area contributed by atoms with Crippen LogP contribution in [-0.2, 0) is 10.0 Å². The van der Waals surface area contributed by atoms with Gasteiger partial charge in [-0.15, -0.1) is 0 Å². The summed E-state index contributed by atoms with van der Waals surface area (Å²) in [7, 11) is -1.98. The summed E-state index contributed by atoms with van der Waals surface area (Å²) in [4.78, 5) is 6.70. The number of nitrogens with zero attached hydrogens (tertiary/aromatic N) is 3. The molecule has 3 heterocycles. The van der Waals surface area contributed by atoms with E-state index in [1.165, 1.54) is 7.11 Å². The number of halogens is 1. The molecule has 0 spiro atoms. The van der Waals surface area contributed by atoms with Crippen LogP contribution in [0.25, 0.3) is 5.69 Å². The molecule has 2 atom stereocenters. The highest BCUT2D eigenvalue weighted by Crippen LogP contribution is 2.45. The molecule has 1 saturated heterocycles. The van der Waals surface area contributed by atoms with E-state index in [0.29, 0.717) is 16.5 Å². The second-order valence-corrected chi connectivity index (χ2v) is 12.4. The number of sulfonamides is 1. The molecule has 202 valence electrons. The first-order chi connectivity index (χ1) is 18.6. The topological polar surface area (TPSA) is 88.5 Å². The van der Waals surface area contributed by atoms with Crippen LogP contribution >= 0.6 is 28.1 Å². The normalized spacial score (nSPS) is 17.3. The van der Waals surface area contributed by atoms with E-state index in [9.17, 15) is 8.42 Å². The molecule has 5 rings (SSSR count). The van der Waals surface area contributed by atoms with Crippen molar-refractivity contribution in [1.29, 1.82) is 0 Å². The molecular weight excluding hydrogens is 598 g/mol. The zero-order valence-electron chi connectivity index (χ0n) is 21.8. The third-order valence-corrected chi connectivity index (χ3v) is 8.31. The van der Waals surface area contributed by atoms with E-state index in [2.05, 4.69) is 61.5 Å². The molecule has 4 aromatic rings. The first-order valence-electron chi connectivity index (χ1n) is 12.2. The van der Waals surface area contributed by atoms with Gasteiger partial charge in [-0.05, 0) is 90.0 Å². The second-order valence-electron chi connectivity index (χ2n) is 9.37. The number of benzene rings is 2. The van der Waals surface area contributed by atoms with Crippen LogP contribution in [0.5, 0.6) is 5.75 Å². The lowest BCUT2D eigenvalue weighted by atomic mass is 9.96. The molecule has 1 aliphatic heterocycles. The van der Waals surface area contributed by atoms with E-state index in [4.69, 9.17) is 17.0 Å². The van der Waals surface area contributed by atoms with E-state index < -0.39 is 10.0 Å². The monoisotopic (exact) mass is 625 g/mol. The van der Waals surface area contributed by atoms with Gasteiger partial charge in [-0.25, -0.2) is 8.42 Å². The molecule has 8 nitrogen and oxygen atoms in total. The molecule has 0 radical (unpaired) electrons. The Labute approximate surface area is 242 Å². The van der Waals surface area contributed by atoms with Crippen molar-refractivity contribution in [2.75, 3.05) is 23.0 Å². The standard InChI is InChI=1S/C28H28BrN5O3S2/c1-17-15-20(18(2)33(17)24-11-6-5-9-21(24)29)27-26(23-10-7-8-14-30-23)31-28(38)34(27)19-12-13-22(25(16-19)37-3)32-39(4,35)36/h5-16,26-27,32H,1-4H3,(H,31,38). The number of rotatable bonds is 7. The fraction of sp³-hybridized carbons (Fsp3) is 0.214. The number of nitrogens with one attached hydrogen (secondary N) is 2. The number of para-hydroxylation sites is 1. The molecule has 1 aliphatic rings. The van der Waals surface area contributed by atoms with Crippen LogP contribution in [0.1, 0.15) is 34.7 Å². The first kappa shape index (κ1) is 27.2. The van der Waals surface area contributed by atoms with Crippen LogP contribution in [0.4, 0.5) is 11.4 Å². The molecule has 1 fully saturated rings. The van der Waals surface area contributed by atoms with Gasteiger partial charge in [0.1, 0.15) is 5.75 Å². The minimum Gasteiger partial charge on any atom is -0.494 e. The average molecular weight is 627 g/mol. The van der Waals surface area contributed by atoms with Gasteiger partial charge in [0.25, 0.3) is 0 Å². The van der Waals surface area contributed by atoms with Gasteiger partial charge >= 0.3 is 0 Å². The molecular formula is C28H28BrN5O3S2. The smallest absolute Gasteiger partial charge is 0.229 e. The van der Waals surface area contributed by atoms with Crippen LogP contribution in [-0.4, -0.2) is 36.4 Å². The summed E-state index contributed by atoms with van der Waals surface area (Å²) in [5.74, 6) is 0.388. The lowest BCUT2D eigenvalue weighted by molar-refractivity contribution is 0.417. The van der Waals surface area contributed by atoms with Gasteiger partial charge in [0.05, 0.1) is 42.5 Å². The van der Waals surface area contributed by atoms with Crippen molar-refractivity contribution in [3.63, 3.8) is 0 Å². The van der Waals surface area contributed by atoms with Gasteiger partial charge in [-0.1, -0.05) is 18.2 Å². The number of aromatic nitrogens is 2. The van der Waals surface area contributed by atoms with Gasteiger partial charge in [-0.3, -0.25) is 9.71 Å². The van der Waals surface area contributed by atoms with Gasteiger partial charge in [0.15, 0.2) is 5.11 Å². The SMILES string of the molecule is COc1cc(N2C(=S)NC(c3ccccn3)C2c2cc(C)n(-c3ccccc3Br)c2C)ccc1NS(C)(=O)=O. The van der Waals surface area contributed by atoms with Gasteiger partial charge in [-0.2, -0.15) is 0 Å². The van der Waals surface area contributed by atoms with E-state index >= 15 is 0 Å². The van der Waals surface area contributed by atoms with Crippen molar-refractivity contribution in [2.24, 2.45) is 0 Å². The van der Waals surface area contributed by atoms with Crippen molar-refractivity contribution >= 4 is 54.7 Å². The Morgan fingerprint density at radius 2 is 1.82 bits per heavy atom. The van der Waals surface area contributed by atoms with E-state index in [1.807, 2.05) is 47.4 Å². The Kier molecular flexibility index (Phi) is 7.41. The molecule has 39 heavy (non-hydrogen) atoms. The zero-order valence-corrected chi connectivity index (χ0v) is 25.1. The maximum absolute atomic E-state index is 11.9. The lowest BCUT2D eigenvalue weighted by Gasteiger charge is -2.29. The Balaban J connectivity index is 1.67. The summed E-state index contributed by atoms with van der Waals surface area (Å²) in [6, 6.07) is 21.0. The minimum atomic E-state index is -3.49. The number of anilines is 2. The van der Waals surface area contributed by atoms with E-state index in [1.54, 1.807) is 18.3 Å². The summed E-state index contributed by atoms with van der Waals surface area (Å²) < 4.78 is 35.1. The average Bonchev–Trinajstić information content (AvgIpc) is 3.39. The molecule has 2 aromatic carbocycles. The number of ether oxygens (including phenoxy) is 1.